The molecule has 0 saturated carbocycles. The zero-order valence-electron chi connectivity index (χ0n) is 15.6. The number of sulfonamides is 1. The first-order valence-corrected chi connectivity index (χ1v) is 10.7. The molecule has 0 aromatic heterocycles. The first-order chi connectivity index (χ1) is 14.4. The van der Waals surface area contributed by atoms with Crippen molar-refractivity contribution < 1.29 is 31.9 Å². The highest BCUT2D eigenvalue weighted by molar-refractivity contribution is 7.89. The number of benzene rings is 2. The van der Waals surface area contributed by atoms with Crippen molar-refractivity contribution >= 4 is 15.7 Å². The number of ether oxygens (including phenoxy) is 3. The standard InChI is InChI=1S/C19H19FN2O7S/c20-16-17(21-30(25,26)15-9-5-4-8-13(15)22(23)24)18(14-11-28-19(16)29-14)27-10-12-6-2-1-3-7-12/h1-9,14,16-19,21H,10-11H2/t14-,16-,17-,18-,19-/m1/s1. The van der Waals surface area contributed by atoms with Crippen LogP contribution in [0.2, 0.25) is 0 Å². The van der Waals surface area contributed by atoms with Crippen molar-refractivity contribution in [3.8, 4) is 0 Å². The number of nitro benzene ring substituents is 1. The predicted octanol–water partition coefficient (Wildman–Crippen LogP) is 1.92. The molecule has 2 heterocycles. The quantitative estimate of drug-likeness (QED) is 0.518. The summed E-state index contributed by atoms with van der Waals surface area (Å²) in [4.78, 5) is 9.88. The molecule has 4 rings (SSSR count). The third kappa shape index (κ3) is 4.07. The Morgan fingerprint density at radius 3 is 2.60 bits per heavy atom. The number of alkyl halides is 1. The fourth-order valence-electron chi connectivity index (χ4n) is 3.55. The summed E-state index contributed by atoms with van der Waals surface area (Å²) in [6, 6.07) is 12.6. The van der Waals surface area contributed by atoms with Gasteiger partial charge in [0.15, 0.2) is 17.4 Å². The van der Waals surface area contributed by atoms with Crippen molar-refractivity contribution in [3.05, 3.63) is 70.3 Å². The van der Waals surface area contributed by atoms with Crippen LogP contribution in [0.15, 0.2) is 59.5 Å². The van der Waals surface area contributed by atoms with Crippen LogP contribution in [-0.2, 0) is 30.8 Å². The molecule has 11 heteroatoms. The van der Waals surface area contributed by atoms with Gasteiger partial charge in [-0.05, 0) is 11.6 Å². The van der Waals surface area contributed by atoms with Crippen molar-refractivity contribution in [1.82, 2.24) is 4.72 Å². The van der Waals surface area contributed by atoms with E-state index in [-0.39, 0.29) is 13.2 Å². The number of para-hydroxylation sites is 1. The van der Waals surface area contributed by atoms with Gasteiger partial charge in [0.25, 0.3) is 5.69 Å². The fourth-order valence-corrected chi connectivity index (χ4v) is 4.97. The molecule has 2 aliphatic rings. The Morgan fingerprint density at radius 1 is 1.17 bits per heavy atom. The van der Waals surface area contributed by atoms with Gasteiger partial charge in [-0.25, -0.2) is 17.5 Å². The van der Waals surface area contributed by atoms with Gasteiger partial charge >= 0.3 is 0 Å². The number of nitro groups is 1. The second-order valence-electron chi connectivity index (χ2n) is 6.95. The monoisotopic (exact) mass is 438 g/mol. The average molecular weight is 438 g/mol. The summed E-state index contributed by atoms with van der Waals surface area (Å²) in [6.45, 7) is 0.153. The van der Waals surface area contributed by atoms with Crippen molar-refractivity contribution in [2.45, 2.75) is 42.2 Å². The molecule has 0 spiro atoms. The van der Waals surface area contributed by atoms with Crippen LogP contribution in [0.4, 0.5) is 10.1 Å². The fraction of sp³-hybridized carbons (Fsp3) is 0.368. The molecular weight excluding hydrogens is 419 g/mol. The molecule has 2 aromatic carbocycles. The second kappa shape index (κ2) is 8.36. The molecule has 0 unspecified atom stereocenters. The van der Waals surface area contributed by atoms with Crippen LogP contribution in [0, 0.1) is 10.1 Å². The van der Waals surface area contributed by atoms with E-state index >= 15 is 4.39 Å². The molecular formula is C19H19FN2O7S. The summed E-state index contributed by atoms with van der Waals surface area (Å²) in [5.74, 6) is 0. The summed E-state index contributed by atoms with van der Waals surface area (Å²) in [5, 5.41) is 11.2. The normalized spacial score (nSPS) is 28.4. The lowest BCUT2D eigenvalue weighted by atomic mass is 10.00. The molecule has 30 heavy (non-hydrogen) atoms. The van der Waals surface area contributed by atoms with Gasteiger partial charge < -0.3 is 14.2 Å². The van der Waals surface area contributed by atoms with E-state index in [9.17, 15) is 18.5 Å². The number of nitrogens with zero attached hydrogens (tertiary/aromatic N) is 1. The lowest BCUT2D eigenvalue weighted by Crippen LogP contribution is -2.60. The van der Waals surface area contributed by atoms with Crippen molar-refractivity contribution in [2.24, 2.45) is 0 Å². The molecule has 2 bridgehead atoms. The zero-order valence-corrected chi connectivity index (χ0v) is 16.4. The molecule has 0 amide bonds. The maximum Gasteiger partial charge on any atom is 0.289 e. The van der Waals surface area contributed by atoms with Crippen LogP contribution in [0.25, 0.3) is 0 Å². The van der Waals surface area contributed by atoms with Crippen LogP contribution in [0.1, 0.15) is 5.56 Å². The van der Waals surface area contributed by atoms with Gasteiger partial charge in [0.05, 0.1) is 24.2 Å². The molecule has 1 N–H and O–H groups in total. The van der Waals surface area contributed by atoms with Gasteiger partial charge in [-0.2, -0.15) is 0 Å². The van der Waals surface area contributed by atoms with Gasteiger partial charge in [-0.15, -0.1) is 0 Å². The summed E-state index contributed by atoms with van der Waals surface area (Å²) in [5.41, 5.74) is 0.211. The van der Waals surface area contributed by atoms with E-state index in [2.05, 4.69) is 4.72 Å². The maximum atomic E-state index is 15.0. The van der Waals surface area contributed by atoms with E-state index in [4.69, 9.17) is 14.2 Å². The lowest BCUT2D eigenvalue weighted by Gasteiger charge is -2.37. The largest absolute Gasteiger partial charge is 0.369 e. The SMILES string of the molecule is O=[N+]([O-])c1ccccc1S(=O)(=O)N[C@@H]1[C@@H](F)[C@@H]2OC[C@@H](O2)[C@H]1OCc1ccccc1. The van der Waals surface area contributed by atoms with E-state index in [1.54, 1.807) is 0 Å². The van der Waals surface area contributed by atoms with Gasteiger partial charge in [-0.1, -0.05) is 42.5 Å². The number of rotatable bonds is 7. The van der Waals surface area contributed by atoms with Crippen LogP contribution >= 0.6 is 0 Å². The molecule has 2 aromatic rings. The Hall–Kier alpha value is -2.44. The minimum Gasteiger partial charge on any atom is -0.369 e. The Bertz CT molecular complexity index is 1020. The summed E-state index contributed by atoms with van der Waals surface area (Å²) >= 11 is 0. The number of hydrogen-bond acceptors (Lipinski definition) is 7. The van der Waals surface area contributed by atoms with Gasteiger partial charge in [0.1, 0.15) is 12.2 Å². The molecule has 0 aliphatic carbocycles. The number of halogens is 1. The van der Waals surface area contributed by atoms with Crippen LogP contribution < -0.4 is 4.72 Å². The molecule has 2 fully saturated rings. The highest BCUT2D eigenvalue weighted by Crippen LogP contribution is 2.34. The average Bonchev–Trinajstić information content (AvgIpc) is 3.19. The topological polar surface area (TPSA) is 117 Å². The Balaban J connectivity index is 1.60. The molecule has 5 atom stereocenters. The Morgan fingerprint density at radius 2 is 1.87 bits per heavy atom. The van der Waals surface area contributed by atoms with Crippen molar-refractivity contribution in [2.75, 3.05) is 6.61 Å². The van der Waals surface area contributed by atoms with Crippen molar-refractivity contribution in [3.63, 3.8) is 0 Å². The maximum absolute atomic E-state index is 15.0. The van der Waals surface area contributed by atoms with Gasteiger partial charge in [0, 0.05) is 6.07 Å². The van der Waals surface area contributed by atoms with Gasteiger partial charge in [0.2, 0.25) is 10.0 Å². The van der Waals surface area contributed by atoms with Crippen LogP contribution in [0.5, 0.6) is 0 Å². The van der Waals surface area contributed by atoms with E-state index in [1.807, 2.05) is 30.3 Å². The third-order valence-corrected chi connectivity index (χ3v) is 6.49. The van der Waals surface area contributed by atoms with Gasteiger partial charge in [-0.3, -0.25) is 10.1 Å². The van der Waals surface area contributed by atoms with Crippen LogP contribution in [-0.4, -0.2) is 50.7 Å². The lowest BCUT2D eigenvalue weighted by molar-refractivity contribution is -0.387. The molecule has 160 valence electrons. The predicted molar refractivity (Wildman–Crippen MR) is 102 cm³/mol. The zero-order chi connectivity index (χ0) is 21.3. The number of nitrogens with one attached hydrogen (secondary N) is 1. The minimum atomic E-state index is -4.43. The highest BCUT2D eigenvalue weighted by atomic mass is 32.2. The summed E-state index contributed by atoms with van der Waals surface area (Å²) < 4.78 is 59.6. The number of hydrogen-bond donors (Lipinski definition) is 1. The molecule has 9 nitrogen and oxygen atoms in total. The van der Waals surface area contributed by atoms with E-state index in [0.717, 1.165) is 17.7 Å². The number of fused-ring (bicyclic) bond motifs is 2. The van der Waals surface area contributed by atoms with E-state index in [0.29, 0.717) is 0 Å². The minimum absolute atomic E-state index is 0.0499. The Labute approximate surface area is 172 Å². The second-order valence-corrected chi connectivity index (χ2v) is 8.64. The summed E-state index contributed by atoms with van der Waals surface area (Å²) in [7, 11) is -4.43. The molecule has 0 radical (unpaired) electrons. The first kappa shape index (κ1) is 20.8. The third-order valence-electron chi connectivity index (χ3n) is 4.99. The molecule has 2 aliphatic heterocycles. The first-order valence-electron chi connectivity index (χ1n) is 9.19. The van der Waals surface area contributed by atoms with E-state index in [1.165, 1.54) is 12.1 Å². The highest BCUT2D eigenvalue weighted by Gasteiger charge is 2.53. The van der Waals surface area contributed by atoms with Crippen molar-refractivity contribution in [1.29, 1.82) is 0 Å². The smallest absolute Gasteiger partial charge is 0.289 e. The van der Waals surface area contributed by atoms with E-state index < -0.39 is 56.2 Å². The molecule has 2 saturated heterocycles. The summed E-state index contributed by atoms with van der Waals surface area (Å²) in [6.07, 6.45) is -4.76. The van der Waals surface area contributed by atoms with Crippen LogP contribution in [0.3, 0.4) is 0 Å². The Kier molecular flexibility index (Phi) is 5.80.